The van der Waals surface area contributed by atoms with Crippen LogP contribution in [0.2, 0.25) is 0 Å². The van der Waals surface area contributed by atoms with E-state index in [2.05, 4.69) is 17.2 Å². The number of methoxy groups -OCH3 is 1. The number of aliphatic hydroxyl groups is 1. The highest BCUT2D eigenvalue weighted by molar-refractivity contribution is 5.97. The van der Waals surface area contributed by atoms with E-state index < -0.39 is 5.60 Å². The van der Waals surface area contributed by atoms with E-state index in [0.717, 1.165) is 5.56 Å². The Morgan fingerprint density at radius 2 is 2.16 bits per heavy atom. The van der Waals surface area contributed by atoms with Crippen LogP contribution in [0.3, 0.4) is 0 Å². The SMILES string of the molecule is COC(C)(C)C(=O)Nc1ccc(C)cc1C#CCO. The third-order valence-corrected chi connectivity index (χ3v) is 2.78. The van der Waals surface area contributed by atoms with E-state index in [-0.39, 0.29) is 12.5 Å². The number of carbonyl (C=O) groups excluding carboxylic acids is 1. The second-order valence-corrected chi connectivity index (χ2v) is 4.68. The standard InChI is InChI=1S/C15H19NO3/c1-11-7-8-13(12(10-11)6-5-9-17)16-14(18)15(2,3)19-4/h7-8,10,17H,9H2,1-4H3,(H,16,18). The van der Waals surface area contributed by atoms with E-state index in [1.165, 1.54) is 7.11 Å². The maximum absolute atomic E-state index is 12.0. The van der Waals surface area contributed by atoms with E-state index in [1.807, 2.05) is 19.1 Å². The zero-order chi connectivity index (χ0) is 14.5. The molecule has 0 spiro atoms. The Balaban J connectivity index is 3.04. The summed E-state index contributed by atoms with van der Waals surface area (Å²) in [5, 5.41) is 11.5. The summed E-state index contributed by atoms with van der Waals surface area (Å²) in [4.78, 5) is 12.0. The van der Waals surface area contributed by atoms with Crippen LogP contribution in [0.1, 0.15) is 25.0 Å². The predicted molar refractivity (Wildman–Crippen MR) is 74.9 cm³/mol. The molecule has 19 heavy (non-hydrogen) atoms. The lowest BCUT2D eigenvalue weighted by Gasteiger charge is -2.22. The van der Waals surface area contributed by atoms with Crippen molar-refractivity contribution in [2.24, 2.45) is 0 Å². The molecule has 1 amide bonds. The summed E-state index contributed by atoms with van der Waals surface area (Å²) in [6, 6.07) is 5.54. The Morgan fingerprint density at radius 1 is 1.47 bits per heavy atom. The Labute approximate surface area is 113 Å². The molecule has 0 radical (unpaired) electrons. The molecule has 0 bridgehead atoms. The molecule has 0 aliphatic rings. The lowest BCUT2D eigenvalue weighted by atomic mass is 10.1. The van der Waals surface area contributed by atoms with Crippen LogP contribution in [0.4, 0.5) is 5.69 Å². The van der Waals surface area contributed by atoms with Crippen LogP contribution in [-0.2, 0) is 9.53 Å². The highest BCUT2D eigenvalue weighted by Crippen LogP contribution is 2.19. The maximum Gasteiger partial charge on any atom is 0.256 e. The molecule has 0 saturated heterocycles. The number of ether oxygens (including phenoxy) is 1. The van der Waals surface area contributed by atoms with Crippen molar-refractivity contribution in [1.29, 1.82) is 0 Å². The maximum atomic E-state index is 12.0. The molecule has 4 nitrogen and oxygen atoms in total. The van der Waals surface area contributed by atoms with Crippen molar-refractivity contribution in [2.45, 2.75) is 26.4 Å². The number of nitrogens with one attached hydrogen (secondary N) is 1. The number of hydrogen-bond donors (Lipinski definition) is 2. The average Bonchev–Trinajstić information content (AvgIpc) is 2.38. The zero-order valence-electron chi connectivity index (χ0n) is 11.7. The smallest absolute Gasteiger partial charge is 0.256 e. The van der Waals surface area contributed by atoms with Gasteiger partial charge in [0.2, 0.25) is 0 Å². The number of anilines is 1. The van der Waals surface area contributed by atoms with Crippen LogP contribution < -0.4 is 5.32 Å². The van der Waals surface area contributed by atoms with E-state index in [4.69, 9.17) is 9.84 Å². The second kappa shape index (κ2) is 6.37. The van der Waals surface area contributed by atoms with Gasteiger partial charge in [-0.05, 0) is 38.5 Å². The van der Waals surface area contributed by atoms with Crippen LogP contribution in [0.25, 0.3) is 0 Å². The van der Waals surface area contributed by atoms with Gasteiger partial charge in [-0.1, -0.05) is 17.9 Å². The third-order valence-electron chi connectivity index (χ3n) is 2.78. The first-order valence-corrected chi connectivity index (χ1v) is 5.97. The summed E-state index contributed by atoms with van der Waals surface area (Å²) < 4.78 is 5.13. The van der Waals surface area contributed by atoms with Gasteiger partial charge in [0, 0.05) is 12.7 Å². The molecule has 4 heteroatoms. The second-order valence-electron chi connectivity index (χ2n) is 4.68. The topological polar surface area (TPSA) is 58.6 Å². The number of amides is 1. The minimum atomic E-state index is -0.910. The Morgan fingerprint density at radius 3 is 2.74 bits per heavy atom. The molecule has 0 aromatic heterocycles. The van der Waals surface area contributed by atoms with Crippen LogP contribution in [0.5, 0.6) is 0 Å². The van der Waals surface area contributed by atoms with E-state index >= 15 is 0 Å². The fourth-order valence-electron chi connectivity index (χ4n) is 1.37. The third kappa shape index (κ3) is 4.09. The molecule has 1 aromatic rings. The van der Waals surface area contributed by atoms with E-state index in [9.17, 15) is 4.79 Å². The van der Waals surface area contributed by atoms with Crippen LogP contribution in [0, 0.1) is 18.8 Å². The number of aliphatic hydroxyl groups excluding tert-OH is 1. The molecule has 1 rings (SSSR count). The predicted octanol–water partition coefficient (Wildman–Crippen LogP) is 1.70. The number of hydrogen-bond acceptors (Lipinski definition) is 3. The fourth-order valence-corrected chi connectivity index (χ4v) is 1.37. The average molecular weight is 261 g/mol. The molecule has 0 saturated carbocycles. The monoisotopic (exact) mass is 261 g/mol. The molecule has 2 N–H and O–H groups in total. The van der Waals surface area contributed by atoms with E-state index in [1.54, 1.807) is 19.9 Å². The van der Waals surface area contributed by atoms with E-state index in [0.29, 0.717) is 11.3 Å². The normalized spacial score (nSPS) is 10.6. The zero-order valence-corrected chi connectivity index (χ0v) is 11.7. The molecule has 0 heterocycles. The first kappa shape index (κ1) is 15.2. The summed E-state index contributed by atoms with van der Waals surface area (Å²) in [6.07, 6.45) is 0. The van der Waals surface area contributed by atoms with Crippen molar-refractivity contribution in [3.05, 3.63) is 29.3 Å². The Bertz CT molecular complexity index is 524. The van der Waals surface area contributed by atoms with Gasteiger partial charge in [-0.25, -0.2) is 0 Å². The highest BCUT2D eigenvalue weighted by atomic mass is 16.5. The Kier molecular flexibility index (Phi) is 5.11. The summed E-state index contributed by atoms with van der Waals surface area (Å²) in [5.74, 6) is 5.16. The van der Waals surface area contributed by atoms with Gasteiger partial charge in [-0.3, -0.25) is 4.79 Å². The van der Waals surface area contributed by atoms with Gasteiger partial charge >= 0.3 is 0 Å². The number of benzene rings is 1. The molecular weight excluding hydrogens is 242 g/mol. The van der Waals surface area contributed by atoms with Gasteiger partial charge in [0.05, 0.1) is 5.69 Å². The summed E-state index contributed by atoms with van der Waals surface area (Å²) in [7, 11) is 1.49. The molecule has 0 atom stereocenters. The first-order valence-electron chi connectivity index (χ1n) is 5.97. The van der Waals surface area contributed by atoms with Gasteiger partial charge in [-0.2, -0.15) is 0 Å². The van der Waals surface area contributed by atoms with Gasteiger partial charge in [0.1, 0.15) is 12.2 Å². The fraction of sp³-hybridized carbons (Fsp3) is 0.400. The van der Waals surface area contributed by atoms with Crippen LogP contribution >= 0.6 is 0 Å². The molecular formula is C15H19NO3. The van der Waals surface area contributed by atoms with Crippen molar-refractivity contribution in [3.8, 4) is 11.8 Å². The minimum absolute atomic E-state index is 0.217. The lowest BCUT2D eigenvalue weighted by molar-refractivity contribution is -0.133. The molecule has 0 aliphatic heterocycles. The molecule has 0 fully saturated rings. The minimum Gasteiger partial charge on any atom is -0.384 e. The molecule has 0 aliphatic carbocycles. The lowest BCUT2D eigenvalue weighted by Crippen LogP contribution is -2.39. The van der Waals surface area contributed by atoms with Gasteiger partial charge < -0.3 is 15.2 Å². The van der Waals surface area contributed by atoms with Crippen molar-refractivity contribution in [3.63, 3.8) is 0 Å². The van der Waals surface area contributed by atoms with Crippen LogP contribution in [-0.4, -0.2) is 30.3 Å². The van der Waals surface area contributed by atoms with Gasteiger partial charge in [-0.15, -0.1) is 0 Å². The van der Waals surface area contributed by atoms with Crippen molar-refractivity contribution in [2.75, 3.05) is 19.0 Å². The number of carbonyl (C=O) groups is 1. The van der Waals surface area contributed by atoms with Gasteiger partial charge in [0.25, 0.3) is 5.91 Å². The summed E-state index contributed by atoms with van der Waals surface area (Å²) in [5.41, 5.74) is 1.41. The van der Waals surface area contributed by atoms with Crippen molar-refractivity contribution < 1.29 is 14.6 Å². The van der Waals surface area contributed by atoms with Gasteiger partial charge in [0.15, 0.2) is 0 Å². The molecule has 0 unspecified atom stereocenters. The van der Waals surface area contributed by atoms with Crippen LogP contribution in [0.15, 0.2) is 18.2 Å². The summed E-state index contributed by atoms with van der Waals surface area (Å²) >= 11 is 0. The molecule has 1 aromatic carbocycles. The quantitative estimate of drug-likeness (QED) is 0.814. The Hall–Kier alpha value is -1.83. The number of rotatable bonds is 3. The van der Waals surface area contributed by atoms with Crippen molar-refractivity contribution >= 4 is 11.6 Å². The summed E-state index contributed by atoms with van der Waals surface area (Å²) in [6.45, 7) is 5.10. The highest BCUT2D eigenvalue weighted by Gasteiger charge is 2.27. The molecule has 102 valence electrons. The van der Waals surface area contributed by atoms with Crippen molar-refractivity contribution in [1.82, 2.24) is 0 Å². The number of aryl methyl sites for hydroxylation is 1. The largest absolute Gasteiger partial charge is 0.384 e. The first-order chi connectivity index (χ1) is 8.90.